The smallest absolute Gasteiger partial charge is 0.241 e. The van der Waals surface area contributed by atoms with Gasteiger partial charge < -0.3 is 9.47 Å². The van der Waals surface area contributed by atoms with Crippen molar-refractivity contribution in [2.75, 3.05) is 14.2 Å². The summed E-state index contributed by atoms with van der Waals surface area (Å²) in [7, 11) is -0.476. The Morgan fingerprint density at radius 3 is 2.12 bits per heavy atom. The van der Waals surface area contributed by atoms with E-state index in [1.807, 2.05) is 38.1 Å². The Balaban J connectivity index is 2.28. The van der Waals surface area contributed by atoms with E-state index >= 15 is 0 Å². The molecule has 130 valence electrons. The van der Waals surface area contributed by atoms with E-state index in [4.69, 9.17) is 9.47 Å². The van der Waals surface area contributed by atoms with Crippen LogP contribution in [0, 0.1) is 13.8 Å². The summed E-state index contributed by atoms with van der Waals surface area (Å²) in [5.74, 6) is 1.41. The number of benzene rings is 2. The molecule has 5 nitrogen and oxygen atoms in total. The number of rotatable bonds is 6. The van der Waals surface area contributed by atoms with E-state index in [-0.39, 0.29) is 10.9 Å². The molecule has 0 heterocycles. The van der Waals surface area contributed by atoms with E-state index in [1.165, 1.54) is 0 Å². The van der Waals surface area contributed by atoms with E-state index in [9.17, 15) is 8.42 Å². The van der Waals surface area contributed by atoms with Crippen LogP contribution in [0.2, 0.25) is 0 Å². The molecule has 2 aromatic rings. The second kappa shape index (κ2) is 7.23. The second-order valence-corrected chi connectivity index (χ2v) is 7.39. The summed E-state index contributed by atoms with van der Waals surface area (Å²) in [6.45, 7) is 5.39. The number of nitrogens with one attached hydrogen (secondary N) is 1. The fourth-order valence-electron chi connectivity index (χ4n) is 2.53. The zero-order valence-corrected chi connectivity index (χ0v) is 15.4. The third-order valence-electron chi connectivity index (χ3n) is 3.93. The maximum atomic E-state index is 12.7. The van der Waals surface area contributed by atoms with Gasteiger partial charge in [0, 0.05) is 6.04 Å². The summed E-state index contributed by atoms with van der Waals surface area (Å²) in [6, 6.07) is 10.3. The van der Waals surface area contributed by atoms with Crippen molar-refractivity contribution in [3.63, 3.8) is 0 Å². The van der Waals surface area contributed by atoms with E-state index in [2.05, 4.69) is 4.72 Å². The van der Waals surface area contributed by atoms with Crippen LogP contribution in [0.4, 0.5) is 0 Å². The minimum Gasteiger partial charge on any atom is -0.497 e. The van der Waals surface area contributed by atoms with Crippen LogP contribution in [-0.4, -0.2) is 22.6 Å². The first-order chi connectivity index (χ1) is 11.3. The van der Waals surface area contributed by atoms with Crippen LogP contribution in [-0.2, 0) is 10.0 Å². The van der Waals surface area contributed by atoms with Crippen molar-refractivity contribution < 1.29 is 17.9 Å². The molecule has 0 bridgehead atoms. The molecular weight excluding hydrogens is 326 g/mol. The van der Waals surface area contributed by atoms with Crippen molar-refractivity contribution in [1.82, 2.24) is 4.72 Å². The monoisotopic (exact) mass is 349 g/mol. The highest BCUT2D eigenvalue weighted by atomic mass is 32.2. The highest BCUT2D eigenvalue weighted by molar-refractivity contribution is 7.89. The molecule has 0 aliphatic rings. The summed E-state index contributed by atoms with van der Waals surface area (Å²) >= 11 is 0. The molecule has 0 radical (unpaired) electrons. The summed E-state index contributed by atoms with van der Waals surface area (Å²) in [6.07, 6.45) is 0. The summed E-state index contributed by atoms with van der Waals surface area (Å²) in [5.41, 5.74) is 2.29. The molecule has 0 aliphatic carbocycles. The van der Waals surface area contributed by atoms with Gasteiger partial charge in [-0.05, 0) is 61.7 Å². The Bertz CT molecular complexity index is 814. The molecule has 0 spiro atoms. The molecule has 2 aromatic carbocycles. The topological polar surface area (TPSA) is 64.6 Å². The zero-order valence-electron chi connectivity index (χ0n) is 14.6. The van der Waals surface area contributed by atoms with Crippen molar-refractivity contribution in [2.24, 2.45) is 0 Å². The van der Waals surface area contributed by atoms with Crippen LogP contribution in [0.25, 0.3) is 0 Å². The van der Waals surface area contributed by atoms with E-state index in [0.29, 0.717) is 11.3 Å². The number of ether oxygens (including phenoxy) is 2. The van der Waals surface area contributed by atoms with Gasteiger partial charge in [-0.25, -0.2) is 13.1 Å². The van der Waals surface area contributed by atoms with Gasteiger partial charge in [-0.15, -0.1) is 0 Å². The van der Waals surface area contributed by atoms with Crippen LogP contribution in [0.15, 0.2) is 41.3 Å². The van der Waals surface area contributed by atoms with Gasteiger partial charge >= 0.3 is 0 Å². The molecule has 1 N–H and O–H groups in total. The number of methoxy groups -OCH3 is 2. The average molecular weight is 349 g/mol. The molecule has 0 amide bonds. The molecule has 24 heavy (non-hydrogen) atoms. The maximum Gasteiger partial charge on any atom is 0.241 e. The van der Waals surface area contributed by atoms with Gasteiger partial charge in [0.2, 0.25) is 10.0 Å². The Hall–Kier alpha value is -2.05. The third-order valence-corrected chi connectivity index (χ3v) is 5.61. The van der Waals surface area contributed by atoms with Crippen molar-refractivity contribution in [3.8, 4) is 11.5 Å². The minimum absolute atomic E-state index is 0.265. The number of hydrogen-bond donors (Lipinski definition) is 1. The highest BCUT2D eigenvalue weighted by Gasteiger charge is 2.21. The zero-order chi connectivity index (χ0) is 17.9. The molecule has 0 aliphatic heterocycles. The number of sulfonamides is 1. The van der Waals surface area contributed by atoms with Gasteiger partial charge in [-0.2, -0.15) is 0 Å². The highest BCUT2D eigenvalue weighted by Crippen LogP contribution is 2.27. The van der Waals surface area contributed by atoms with Crippen molar-refractivity contribution in [1.29, 1.82) is 0 Å². The number of aryl methyl sites for hydroxylation is 2. The standard InChI is InChI=1S/C18H23NO4S/c1-12-11-18(13(2)10-17(12)23-5)24(20,21)19-14(3)15-6-8-16(22-4)9-7-15/h6-11,14,19H,1-5H3/t14-/m0/s1. The first kappa shape index (κ1) is 18.3. The fourth-order valence-corrected chi connectivity index (χ4v) is 4.07. The second-order valence-electron chi connectivity index (χ2n) is 5.70. The van der Waals surface area contributed by atoms with Crippen LogP contribution in [0.5, 0.6) is 11.5 Å². The van der Waals surface area contributed by atoms with Crippen LogP contribution in [0.1, 0.15) is 29.7 Å². The molecular formula is C18H23NO4S. The Kier molecular flexibility index (Phi) is 5.51. The van der Waals surface area contributed by atoms with Crippen LogP contribution >= 0.6 is 0 Å². The lowest BCUT2D eigenvalue weighted by Crippen LogP contribution is -2.27. The molecule has 2 rings (SSSR count). The van der Waals surface area contributed by atoms with Gasteiger partial charge in [-0.3, -0.25) is 0 Å². The lowest BCUT2D eigenvalue weighted by molar-refractivity contribution is 0.411. The van der Waals surface area contributed by atoms with Crippen molar-refractivity contribution in [2.45, 2.75) is 31.7 Å². The molecule has 0 unspecified atom stereocenters. The predicted octanol–water partition coefficient (Wildman–Crippen LogP) is 3.36. The molecule has 0 saturated carbocycles. The summed E-state index contributed by atoms with van der Waals surface area (Å²) in [4.78, 5) is 0.265. The first-order valence-electron chi connectivity index (χ1n) is 7.60. The summed E-state index contributed by atoms with van der Waals surface area (Å²) in [5, 5.41) is 0. The minimum atomic E-state index is -3.64. The Labute approximate surface area is 143 Å². The lowest BCUT2D eigenvalue weighted by Gasteiger charge is -2.17. The van der Waals surface area contributed by atoms with Gasteiger partial charge in [0.1, 0.15) is 11.5 Å². The molecule has 1 atom stereocenters. The Morgan fingerprint density at radius 1 is 0.958 bits per heavy atom. The Morgan fingerprint density at radius 2 is 1.58 bits per heavy atom. The van der Waals surface area contributed by atoms with E-state index in [0.717, 1.165) is 16.9 Å². The maximum absolute atomic E-state index is 12.7. The third kappa shape index (κ3) is 3.88. The SMILES string of the molecule is COc1ccc([C@H](C)NS(=O)(=O)c2cc(C)c(OC)cc2C)cc1. The molecule has 6 heteroatoms. The van der Waals surface area contributed by atoms with Gasteiger partial charge in [0.15, 0.2) is 0 Å². The van der Waals surface area contributed by atoms with Crippen molar-refractivity contribution in [3.05, 3.63) is 53.1 Å². The first-order valence-corrected chi connectivity index (χ1v) is 9.08. The lowest BCUT2D eigenvalue weighted by atomic mass is 10.1. The predicted molar refractivity (Wildman–Crippen MR) is 94.2 cm³/mol. The van der Waals surface area contributed by atoms with E-state index in [1.54, 1.807) is 33.3 Å². The van der Waals surface area contributed by atoms with Crippen LogP contribution < -0.4 is 14.2 Å². The molecule has 0 aromatic heterocycles. The largest absolute Gasteiger partial charge is 0.497 e. The van der Waals surface area contributed by atoms with Gasteiger partial charge in [0.05, 0.1) is 19.1 Å². The quantitative estimate of drug-likeness (QED) is 0.868. The van der Waals surface area contributed by atoms with Crippen LogP contribution in [0.3, 0.4) is 0 Å². The summed E-state index contributed by atoms with van der Waals surface area (Å²) < 4.78 is 38.6. The van der Waals surface area contributed by atoms with E-state index < -0.39 is 10.0 Å². The molecule has 0 fully saturated rings. The van der Waals surface area contributed by atoms with Crippen molar-refractivity contribution >= 4 is 10.0 Å². The number of hydrogen-bond acceptors (Lipinski definition) is 4. The van der Waals surface area contributed by atoms with Gasteiger partial charge in [-0.1, -0.05) is 12.1 Å². The average Bonchev–Trinajstić information content (AvgIpc) is 2.56. The fraction of sp³-hybridized carbons (Fsp3) is 0.333. The normalized spacial score (nSPS) is 12.7. The van der Waals surface area contributed by atoms with Gasteiger partial charge in [0.25, 0.3) is 0 Å². The molecule has 0 saturated heterocycles.